The molecule has 0 spiro atoms. The molecule has 2 rings (SSSR count). The third kappa shape index (κ3) is 5.43. The van der Waals surface area contributed by atoms with Gasteiger partial charge in [-0.2, -0.15) is 0 Å². The van der Waals surface area contributed by atoms with Crippen molar-refractivity contribution in [1.29, 1.82) is 0 Å². The van der Waals surface area contributed by atoms with Gasteiger partial charge in [-0.15, -0.1) is 11.3 Å². The summed E-state index contributed by atoms with van der Waals surface area (Å²) >= 11 is 5.16. The van der Waals surface area contributed by atoms with E-state index in [0.717, 1.165) is 29.5 Å². The number of hydrogen-bond donors (Lipinski definition) is 1. The molecular weight excluding hydrogens is 354 g/mol. The minimum absolute atomic E-state index is 0.208. The molecular formula is C15H20BrNO3S. The molecule has 116 valence electrons. The summed E-state index contributed by atoms with van der Waals surface area (Å²) < 4.78 is 1.13. The van der Waals surface area contributed by atoms with Crippen LogP contribution >= 0.6 is 27.3 Å². The van der Waals surface area contributed by atoms with E-state index in [0.29, 0.717) is 19.5 Å². The van der Waals surface area contributed by atoms with Crippen LogP contribution in [0.5, 0.6) is 0 Å². The Morgan fingerprint density at radius 1 is 1.33 bits per heavy atom. The van der Waals surface area contributed by atoms with Gasteiger partial charge in [-0.25, -0.2) is 0 Å². The van der Waals surface area contributed by atoms with Crippen molar-refractivity contribution in [3.63, 3.8) is 0 Å². The molecule has 1 aliphatic rings. The summed E-state index contributed by atoms with van der Waals surface area (Å²) in [7, 11) is 0. The summed E-state index contributed by atoms with van der Waals surface area (Å²) in [5.74, 6) is -0.295. The molecule has 0 aliphatic carbocycles. The van der Waals surface area contributed by atoms with Gasteiger partial charge in [0.05, 0.1) is 3.79 Å². The topological polar surface area (TPSA) is 57.6 Å². The molecule has 1 aliphatic heterocycles. The lowest BCUT2D eigenvalue weighted by molar-refractivity contribution is -0.138. The number of piperidine rings is 1. The van der Waals surface area contributed by atoms with Gasteiger partial charge in [-0.3, -0.25) is 9.59 Å². The summed E-state index contributed by atoms with van der Waals surface area (Å²) in [6, 6.07) is 4.13. The first-order valence-electron chi connectivity index (χ1n) is 7.28. The molecule has 2 heterocycles. The highest BCUT2D eigenvalue weighted by Gasteiger charge is 2.23. The van der Waals surface area contributed by atoms with Crippen molar-refractivity contribution < 1.29 is 14.7 Å². The Morgan fingerprint density at radius 3 is 2.62 bits per heavy atom. The lowest BCUT2D eigenvalue weighted by atomic mass is 9.93. The first kappa shape index (κ1) is 16.5. The fraction of sp³-hybridized carbons (Fsp3) is 0.600. The van der Waals surface area contributed by atoms with Gasteiger partial charge in [-0.1, -0.05) is 0 Å². The number of carbonyl (C=O) groups is 2. The fourth-order valence-electron chi connectivity index (χ4n) is 2.69. The van der Waals surface area contributed by atoms with E-state index in [4.69, 9.17) is 5.11 Å². The van der Waals surface area contributed by atoms with Crippen molar-refractivity contribution in [1.82, 2.24) is 4.90 Å². The second-order valence-corrected chi connectivity index (χ2v) is 8.03. The number of thiophene rings is 1. The minimum Gasteiger partial charge on any atom is -0.481 e. The molecule has 0 saturated carbocycles. The predicted molar refractivity (Wildman–Crippen MR) is 86.5 cm³/mol. The van der Waals surface area contributed by atoms with Crippen molar-refractivity contribution in [3.05, 3.63) is 20.8 Å². The first-order chi connectivity index (χ1) is 10.0. The molecule has 1 aromatic rings. The van der Waals surface area contributed by atoms with E-state index in [-0.39, 0.29) is 18.2 Å². The van der Waals surface area contributed by atoms with E-state index in [2.05, 4.69) is 22.0 Å². The number of hydrogen-bond acceptors (Lipinski definition) is 3. The molecule has 0 unspecified atom stereocenters. The molecule has 0 bridgehead atoms. The van der Waals surface area contributed by atoms with Crippen LogP contribution in [0.1, 0.15) is 37.0 Å². The Kier molecular flexibility index (Phi) is 6.23. The molecule has 1 N–H and O–H groups in total. The monoisotopic (exact) mass is 373 g/mol. The van der Waals surface area contributed by atoms with Gasteiger partial charge in [0.1, 0.15) is 0 Å². The van der Waals surface area contributed by atoms with Gasteiger partial charge < -0.3 is 10.0 Å². The predicted octanol–water partition coefficient (Wildman–Crippen LogP) is 3.55. The number of aryl methyl sites for hydroxylation is 1. The third-order valence-electron chi connectivity index (χ3n) is 3.87. The lowest BCUT2D eigenvalue weighted by Gasteiger charge is -2.31. The number of carbonyl (C=O) groups excluding carboxylic acids is 1. The van der Waals surface area contributed by atoms with Crippen LogP contribution < -0.4 is 0 Å². The Bertz CT molecular complexity index is 495. The van der Waals surface area contributed by atoms with Crippen molar-refractivity contribution in [3.8, 4) is 0 Å². The van der Waals surface area contributed by atoms with Crippen molar-refractivity contribution >= 4 is 39.1 Å². The number of carboxylic acids is 1. The average Bonchev–Trinajstić information content (AvgIpc) is 2.84. The Labute approximate surface area is 137 Å². The maximum atomic E-state index is 12.1. The maximum absolute atomic E-state index is 12.1. The maximum Gasteiger partial charge on any atom is 0.303 e. The molecule has 1 fully saturated rings. The highest BCUT2D eigenvalue weighted by atomic mass is 79.9. The van der Waals surface area contributed by atoms with Crippen LogP contribution in [0.4, 0.5) is 0 Å². The zero-order valence-corrected chi connectivity index (χ0v) is 14.3. The summed E-state index contributed by atoms with van der Waals surface area (Å²) in [4.78, 5) is 26.0. The zero-order chi connectivity index (χ0) is 15.2. The van der Waals surface area contributed by atoms with Crippen LogP contribution in [0.3, 0.4) is 0 Å². The van der Waals surface area contributed by atoms with E-state index in [1.807, 2.05) is 11.0 Å². The molecule has 1 aromatic heterocycles. The molecule has 1 saturated heterocycles. The molecule has 0 atom stereocenters. The summed E-state index contributed by atoms with van der Waals surface area (Å²) in [5.41, 5.74) is 0. The van der Waals surface area contributed by atoms with Crippen molar-refractivity contribution in [2.75, 3.05) is 13.1 Å². The number of likely N-dealkylation sites (tertiary alicyclic amines) is 1. The summed E-state index contributed by atoms with van der Waals surface area (Å²) in [6.45, 7) is 1.42. The number of aliphatic carboxylic acids is 1. The van der Waals surface area contributed by atoms with E-state index in [9.17, 15) is 9.59 Å². The van der Waals surface area contributed by atoms with E-state index < -0.39 is 5.97 Å². The Balaban J connectivity index is 1.66. The molecule has 0 aromatic carbocycles. The second-order valence-electron chi connectivity index (χ2n) is 5.48. The molecule has 6 heteroatoms. The van der Waals surface area contributed by atoms with Crippen molar-refractivity contribution in [2.45, 2.75) is 38.5 Å². The first-order valence-corrected chi connectivity index (χ1v) is 8.89. The standard InChI is InChI=1S/C15H20BrNO3S/c16-13-5-4-12(21-13)2-1-3-14(18)17-8-6-11(7-9-17)10-15(19)20/h4-5,11H,1-3,6-10H2,(H,19,20). The molecule has 1 amide bonds. The fourth-order valence-corrected chi connectivity index (χ4v) is 4.22. The van der Waals surface area contributed by atoms with Crippen LogP contribution in [0, 0.1) is 5.92 Å². The summed E-state index contributed by atoms with van der Waals surface area (Å²) in [5, 5.41) is 8.78. The minimum atomic E-state index is -0.734. The normalized spacial score (nSPS) is 16.1. The van der Waals surface area contributed by atoms with E-state index in [1.54, 1.807) is 11.3 Å². The number of amides is 1. The molecule has 4 nitrogen and oxygen atoms in total. The van der Waals surface area contributed by atoms with Gasteiger partial charge in [0.25, 0.3) is 0 Å². The van der Waals surface area contributed by atoms with Gasteiger partial charge in [0, 0.05) is 30.8 Å². The number of rotatable bonds is 6. The van der Waals surface area contributed by atoms with E-state index >= 15 is 0 Å². The van der Waals surface area contributed by atoms with Gasteiger partial charge in [0.15, 0.2) is 0 Å². The smallest absolute Gasteiger partial charge is 0.303 e. The number of carboxylic acid groups (broad SMARTS) is 1. The summed E-state index contributed by atoms with van der Waals surface area (Å²) in [6.07, 6.45) is 4.26. The lowest BCUT2D eigenvalue weighted by Crippen LogP contribution is -2.38. The van der Waals surface area contributed by atoms with Gasteiger partial charge in [-0.05, 0) is 59.7 Å². The van der Waals surface area contributed by atoms with Crippen molar-refractivity contribution in [2.24, 2.45) is 5.92 Å². The largest absolute Gasteiger partial charge is 0.481 e. The quantitative estimate of drug-likeness (QED) is 0.829. The van der Waals surface area contributed by atoms with Crippen LogP contribution in [0.2, 0.25) is 0 Å². The van der Waals surface area contributed by atoms with Crippen LogP contribution in [0.25, 0.3) is 0 Å². The van der Waals surface area contributed by atoms with E-state index in [1.165, 1.54) is 4.88 Å². The highest BCUT2D eigenvalue weighted by Crippen LogP contribution is 2.24. The number of nitrogens with zero attached hydrogens (tertiary/aromatic N) is 1. The van der Waals surface area contributed by atoms with Crippen LogP contribution in [-0.4, -0.2) is 35.0 Å². The van der Waals surface area contributed by atoms with Gasteiger partial charge >= 0.3 is 5.97 Å². The Hall–Kier alpha value is -0.880. The average molecular weight is 374 g/mol. The molecule has 21 heavy (non-hydrogen) atoms. The Morgan fingerprint density at radius 2 is 2.05 bits per heavy atom. The third-order valence-corrected chi connectivity index (χ3v) is 5.56. The molecule has 0 radical (unpaired) electrons. The second kappa shape index (κ2) is 7.94. The number of halogens is 1. The zero-order valence-electron chi connectivity index (χ0n) is 11.9. The highest BCUT2D eigenvalue weighted by molar-refractivity contribution is 9.11. The van der Waals surface area contributed by atoms with Crippen LogP contribution in [-0.2, 0) is 16.0 Å². The van der Waals surface area contributed by atoms with Crippen LogP contribution in [0.15, 0.2) is 15.9 Å². The SMILES string of the molecule is O=C(O)CC1CCN(C(=O)CCCc2ccc(Br)s2)CC1. The van der Waals surface area contributed by atoms with Gasteiger partial charge in [0.2, 0.25) is 5.91 Å².